The maximum Gasteiger partial charge on any atom is 0.333 e. The highest BCUT2D eigenvalue weighted by atomic mass is 79.9. The van der Waals surface area contributed by atoms with Gasteiger partial charge in [-0.15, -0.1) is 0 Å². The number of nitrogens with one attached hydrogen (secondary N) is 1. The average molecular weight is 423 g/mol. The van der Waals surface area contributed by atoms with Gasteiger partial charge in [0, 0.05) is 16.7 Å². The Bertz CT molecular complexity index is 819. The molecule has 7 heteroatoms. The highest BCUT2D eigenvalue weighted by molar-refractivity contribution is 9.10. The van der Waals surface area contributed by atoms with Crippen molar-refractivity contribution in [2.75, 3.05) is 7.11 Å². The molecule has 1 aromatic heterocycles. The fourth-order valence-corrected chi connectivity index (χ4v) is 3.25. The summed E-state index contributed by atoms with van der Waals surface area (Å²) in [7, 11) is 1.27. The van der Waals surface area contributed by atoms with Crippen molar-refractivity contribution >= 4 is 27.8 Å². The van der Waals surface area contributed by atoms with E-state index in [0.29, 0.717) is 22.4 Å². The van der Waals surface area contributed by atoms with E-state index in [4.69, 9.17) is 4.74 Å². The minimum Gasteiger partial charge on any atom is -0.507 e. The number of phenols is 1. The minimum atomic E-state index is -0.972. The highest BCUT2D eigenvalue weighted by Crippen LogP contribution is 2.27. The molecule has 0 radical (unpaired) electrons. The van der Waals surface area contributed by atoms with E-state index in [1.807, 2.05) is 24.6 Å². The molecule has 0 aliphatic heterocycles. The molecular weight excluding hydrogens is 400 g/mol. The van der Waals surface area contributed by atoms with Crippen molar-refractivity contribution in [1.29, 1.82) is 0 Å². The summed E-state index contributed by atoms with van der Waals surface area (Å²) in [5.41, 5.74) is 2.24. The SMILES string of the molecule is COC(=O)[C@@H](NC(=O)c1cc(Br)cn1C(C)C)c1cc(C)c(O)c(C)c1. The lowest BCUT2D eigenvalue weighted by atomic mass is 10.00. The van der Waals surface area contributed by atoms with Crippen LogP contribution >= 0.6 is 15.9 Å². The van der Waals surface area contributed by atoms with Crippen LogP contribution in [0.15, 0.2) is 28.9 Å². The molecule has 0 fully saturated rings. The fourth-order valence-electron chi connectivity index (χ4n) is 2.81. The van der Waals surface area contributed by atoms with E-state index in [-0.39, 0.29) is 17.7 Å². The number of hydrogen-bond donors (Lipinski definition) is 2. The number of benzene rings is 1. The number of esters is 1. The molecule has 0 bridgehead atoms. The summed E-state index contributed by atoms with van der Waals surface area (Å²) >= 11 is 3.38. The van der Waals surface area contributed by atoms with Crippen LogP contribution in [-0.2, 0) is 9.53 Å². The van der Waals surface area contributed by atoms with E-state index in [9.17, 15) is 14.7 Å². The standard InChI is InChI=1S/C19H23BrN2O4/c1-10(2)22-9-14(20)8-15(22)18(24)21-16(19(25)26-5)13-6-11(3)17(23)12(4)7-13/h6-10,16,23H,1-5H3,(H,21,24)/t16-/m0/s1. The Labute approximate surface area is 161 Å². The Hall–Kier alpha value is -2.28. The van der Waals surface area contributed by atoms with E-state index < -0.39 is 12.0 Å². The Kier molecular flexibility index (Phi) is 6.13. The van der Waals surface area contributed by atoms with Gasteiger partial charge in [-0.3, -0.25) is 4.79 Å². The number of aromatic nitrogens is 1. The van der Waals surface area contributed by atoms with Crippen LogP contribution in [0.4, 0.5) is 0 Å². The lowest BCUT2D eigenvalue weighted by Gasteiger charge is -2.20. The number of amides is 1. The predicted molar refractivity (Wildman–Crippen MR) is 102 cm³/mol. The fraction of sp³-hybridized carbons (Fsp3) is 0.368. The molecule has 0 unspecified atom stereocenters. The largest absolute Gasteiger partial charge is 0.507 e. The number of halogens is 1. The number of carbonyl (C=O) groups excluding carboxylic acids is 2. The number of ether oxygens (including phenoxy) is 1. The van der Waals surface area contributed by atoms with Crippen molar-refractivity contribution in [2.24, 2.45) is 0 Å². The molecule has 6 nitrogen and oxygen atoms in total. The third kappa shape index (κ3) is 4.09. The van der Waals surface area contributed by atoms with Crippen LogP contribution in [0.1, 0.15) is 53.1 Å². The Morgan fingerprint density at radius 3 is 2.27 bits per heavy atom. The van der Waals surface area contributed by atoms with Gasteiger partial charge in [0.25, 0.3) is 5.91 Å². The summed E-state index contributed by atoms with van der Waals surface area (Å²) in [6, 6.07) is 4.15. The second-order valence-electron chi connectivity index (χ2n) is 6.48. The van der Waals surface area contributed by atoms with Gasteiger partial charge in [0.05, 0.1) is 7.11 Å². The van der Waals surface area contributed by atoms with Gasteiger partial charge in [0.2, 0.25) is 0 Å². The first-order valence-corrected chi connectivity index (χ1v) is 9.01. The van der Waals surface area contributed by atoms with Gasteiger partial charge in [0.1, 0.15) is 11.4 Å². The minimum absolute atomic E-state index is 0.0804. The van der Waals surface area contributed by atoms with Crippen LogP contribution in [0, 0.1) is 13.8 Å². The molecule has 0 spiro atoms. The van der Waals surface area contributed by atoms with Gasteiger partial charge in [-0.05, 0) is 78.5 Å². The molecule has 1 atom stereocenters. The van der Waals surface area contributed by atoms with Crippen LogP contribution in [0.25, 0.3) is 0 Å². The third-order valence-electron chi connectivity index (χ3n) is 4.16. The number of aryl methyl sites for hydroxylation is 2. The maximum absolute atomic E-state index is 12.8. The van der Waals surface area contributed by atoms with Gasteiger partial charge in [-0.1, -0.05) is 0 Å². The number of hydrogen-bond acceptors (Lipinski definition) is 4. The molecule has 0 saturated heterocycles. The van der Waals surface area contributed by atoms with E-state index in [1.54, 1.807) is 32.0 Å². The molecule has 2 aromatic rings. The van der Waals surface area contributed by atoms with Crippen LogP contribution in [-0.4, -0.2) is 28.7 Å². The first-order chi connectivity index (χ1) is 12.1. The van der Waals surface area contributed by atoms with Gasteiger partial charge in [0.15, 0.2) is 6.04 Å². The van der Waals surface area contributed by atoms with Crippen molar-refractivity contribution in [1.82, 2.24) is 9.88 Å². The highest BCUT2D eigenvalue weighted by Gasteiger charge is 2.27. The quantitative estimate of drug-likeness (QED) is 0.717. The van der Waals surface area contributed by atoms with Crippen molar-refractivity contribution in [2.45, 2.75) is 39.8 Å². The number of phenolic OH excluding ortho intramolecular Hbond substituents is 1. The molecule has 2 rings (SSSR count). The number of aromatic hydroxyl groups is 1. The summed E-state index contributed by atoms with van der Waals surface area (Å²) in [5.74, 6) is -0.797. The maximum atomic E-state index is 12.8. The molecular formula is C19H23BrN2O4. The first-order valence-electron chi connectivity index (χ1n) is 8.21. The average Bonchev–Trinajstić information content (AvgIpc) is 2.98. The zero-order valence-electron chi connectivity index (χ0n) is 15.5. The van der Waals surface area contributed by atoms with Gasteiger partial charge in [-0.25, -0.2) is 4.79 Å². The second-order valence-corrected chi connectivity index (χ2v) is 7.39. The van der Waals surface area contributed by atoms with Crippen LogP contribution in [0.5, 0.6) is 5.75 Å². The van der Waals surface area contributed by atoms with Crippen molar-refractivity contribution in [3.63, 3.8) is 0 Å². The van der Waals surface area contributed by atoms with Gasteiger partial charge in [-0.2, -0.15) is 0 Å². The zero-order valence-corrected chi connectivity index (χ0v) is 17.0. The van der Waals surface area contributed by atoms with E-state index in [2.05, 4.69) is 21.2 Å². The second kappa shape index (κ2) is 7.95. The predicted octanol–water partition coefficient (Wildman–Crippen LogP) is 3.80. The normalized spacial score (nSPS) is 12.1. The van der Waals surface area contributed by atoms with Crippen molar-refractivity contribution in [3.8, 4) is 5.75 Å². The molecule has 140 valence electrons. The Balaban J connectivity index is 2.41. The molecule has 0 aliphatic carbocycles. The monoisotopic (exact) mass is 422 g/mol. The van der Waals surface area contributed by atoms with E-state index in [1.165, 1.54) is 7.11 Å². The molecule has 1 aromatic carbocycles. The summed E-state index contributed by atoms with van der Waals surface area (Å²) in [6.07, 6.45) is 1.82. The molecule has 1 heterocycles. The van der Waals surface area contributed by atoms with Crippen molar-refractivity contribution < 1.29 is 19.4 Å². The van der Waals surface area contributed by atoms with Gasteiger partial charge < -0.3 is 19.7 Å². The Morgan fingerprint density at radius 1 is 1.19 bits per heavy atom. The summed E-state index contributed by atoms with van der Waals surface area (Å²) in [6.45, 7) is 7.41. The smallest absolute Gasteiger partial charge is 0.333 e. The number of carbonyl (C=O) groups is 2. The van der Waals surface area contributed by atoms with Crippen molar-refractivity contribution in [3.05, 3.63) is 51.3 Å². The van der Waals surface area contributed by atoms with E-state index in [0.717, 1.165) is 4.47 Å². The summed E-state index contributed by atoms with van der Waals surface area (Å²) in [4.78, 5) is 25.1. The van der Waals surface area contributed by atoms with Gasteiger partial charge >= 0.3 is 5.97 Å². The Morgan fingerprint density at radius 2 is 1.77 bits per heavy atom. The van der Waals surface area contributed by atoms with Crippen LogP contribution < -0.4 is 5.32 Å². The first kappa shape index (κ1) is 20.0. The number of methoxy groups -OCH3 is 1. The van der Waals surface area contributed by atoms with Crippen LogP contribution in [0.2, 0.25) is 0 Å². The molecule has 0 saturated carbocycles. The lowest BCUT2D eigenvalue weighted by Crippen LogP contribution is -2.35. The zero-order chi connectivity index (χ0) is 19.6. The topological polar surface area (TPSA) is 80.6 Å². The molecule has 2 N–H and O–H groups in total. The van der Waals surface area contributed by atoms with Crippen LogP contribution in [0.3, 0.4) is 0 Å². The number of rotatable bonds is 5. The molecule has 26 heavy (non-hydrogen) atoms. The van der Waals surface area contributed by atoms with E-state index >= 15 is 0 Å². The lowest BCUT2D eigenvalue weighted by molar-refractivity contribution is -0.143. The molecule has 1 amide bonds. The third-order valence-corrected chi connectivity index (χ3v) is 4.60. The number of nitrogens with zero attached hydrogens (tertiary/aromatic N) is 1. The molecule has 0 aliphatic rings. The summed E-state index contributed by atoms with van der Waals surface area (Å²) < 4.78 is 7.46. The summed E-state index contributed by atoms with van der Waals surface area (Å²) in [5, 5.41) is 12.7.